The number of halogens is 2. The van der Waals surface area contributed by atoms with Gasteiger partial charge in [0.2, 0.25) is 5.91 Å². The molecular weight excluding hydrogens is 377 g/mol. The van der Waals surface area contributed by atoms with Crippen molar-refractivity contribution in [2.24, 2.45) is 0 Å². The Labute approximate surface area is 158 Å². The molecule has 8 nitrogen and oxygen atoms in total. The van der Waals surface area contributed by atoms with Gasteiger partial charge in [-0.3, -0.25) is 14.2 Å². The van der Waals surface area contributed by atoms with Gasteiger partial charge in [0.25, 0.3) is 0 Å². The van der Waals surface area contributed by atoms with Gasteiger partial charge in [-0.1, -0.05) is 17.7 Å². The number of hydrogen-bond donors (Lipinski definition) is 2. The third-order valence-electron chi connectivity index (χ3n) is 3.71. The van der Waals surface area contributed by atoms with Crippen LogP contribution in [-0.2, 0) is 17.9 Å². The molecule has 0 aliphatic rings. The molecule has 0 bridgehead atoms. The Morgan fingerprint density at radius 1 is 1.19 bits per heavy atom. The average Bonchev–Trinajstić information content (AvgIpc) is 3.25. The first-order valence-electron chi connectivity index (χ1n) is 7.92. The van der Waals surface area contributed by atoms with Gasteiger partial charge in [-0.05, 0) is 17.7 Å². The number of anilines is 1. The smallest absolute Gasteiger partial charge is 0.338 e. The molecule has 1 amide bonds. The quantitative estimate of drug-likeness (QED) is 0.644. The maximum atomic E-state index is 13.1. The molecule has 0 fully saturated rings. The number of carboxylic acids is 1. The monoisotopic (exact) mass is 391 g/mol. The Bertz CT molecular complexity index is 985. The summed E-state index contributed by atoms with van der Waals surface area (Å²) in [5, 5.41) is 19.9. The third kappa shape index (κ3) is 4.91. The lowest BCUT2D eigenvalue weighted by Gasteiger charge is -2.05. The summed E-state index contributed by atoms with van der Waals surface area (Å²) in [5.41, 5.74) is 1.27. The van der Waals surface area contributed by atoms with E-state index in [1.165, 1.54) is 35.4 Å². The van der Waals surface area contributed by atoms with Gasteiger partial charge < -0.3 is 10.4 Å². The van der Waals surface area contributed by atoms with Crippen LogP contribution >= 0.6 is 11.6 Å². The Kier molecular flexibility index (Phi) is 5.51. The topological polar surface area (TPSA) is 102 Å². The summed E-state index contributed by atoms with van der Waals surface area (Å²) in [6.07, 6.45) is 5.83. The number of carboxylic acid groups (broad SMARTS) is 1. The van der Waals surface area contributed by atoms with E-state index in [9.17, 15) is 14.0 Å². The fourth-order valence-electron chi connectivity index (χ4n) is 2.37. The number of rotatable bonds is 7. The molecule has 2 heterocycles. The first-order chi connectivity index (χ1) is 12.9. The van der Waals surface area contributed by atoms with E-state index in [1.54, 1.807) is 16.9 Å². The van der Waals surface area contributed by atoms with Crippen molar-refractivity contribution in [2.45, 2.75) is 19.5 Å². The van der Waals surface area contributed by atoms with Crippen LogP contribution in [0.1, 0.15) is 22.3 Å². The normalized spacial score (nSPS) is 10.7. The lowest BCUT2D eigenvalue weighted by atomic mass is 10.2. The molecular formula is C17H15ClFN5O3. The Balaban J connectivity index is 1.53. The minimum atomic E-state index is -1.07. The summed E-state index contributed by atoms with van der Waals surface area (Å²) in [6, 6.07) is 4.12. The van der Waals surface area contributed by atoms with Gasteiger partial charge in [-0.15, -0.1) is 0 Å². The highest BCUT2D eigenvalue weighted by Crippen LogP contribution is 2.18. The first-order valence-corrected chi connectivity index (χ1v) is 8.30. The molecule has 27 heavy (non-hydrogen) atoms. The van der Waals surface area contributed by atoms with Crippen molar-refractivity contribution in [3.8, 4) is 0 Å². The largest absolute Gasteiger partial charge is 0.478 e. The number of nitrogens with one attached hydrogen (secondary N) is 1. The van der Waals surface area contributed by atoms with Gasteiger partial charge in [-0.2, -0.15) is 10.2 Å². The zero-order chi connectivity index (χ0) is 19.4. The number of benzene rings is 1. The van der Waals surface area contributed by atoms with Gasteiger partial charge in [-0.25, -0.2) is 9.18 Å². The van der Waals surface area contributed by atoms with Crippen molar-refractivity contribution < 1.29 is 19.1 Å². The van der Waals surface area contributed by atoms with Crippen molar-refractivity contribution >= 4 is 29.2 Å². The van der Waals surface area contributed by atoms with Crippen molar-refractivity contribution in [3.05, 3.63) is 65.0 Å². The molecule has 0 aliphatic heterocycles. The van der Waals surface area contributed by atoms with Gasteiger partial charge in [0, 0.05) is 30.4 Å². The van der Waals surface area contributed by atoms with Crippen LogP contribution in [-0.4, -0.2) is 36.5 Å². The van der Waals surface area contributed by atoms with Crippen molar-refractivity contribution in [1.29, 1.82) is 0 Å². The van der Waals surface area contributed by atoms with Crippen LogP contribution in [0.2, 0.25) is 5.02 Å². The third-order valence-corrected chi connectivity index (χ3v) is 4.06. The van der Waals surface area contributed by atoms with Crippen LogP contribution in [0.3, 0.4) is 0 Å². The molecule has 0 radical (unpaired) electrons. The average molecular weight is 392 g/mol. The van der Waals surface area contributed by atoms with E-state index < -0.39 is 11.8 Å². The molecule has 1 aromatic carbocycles. The molecule has 0 unspecified atom stereocenters. The maximum Gasteiger partial charge on any atom is 0.338 e. The number of carbonyl (C=O) groups is 2. The van der Waals surface area contributed by atoms with Gasteiger partial charge in [0.15, 0.2) is 0 Å². The summed E-state index contributed by atoms with van der Waals surface area (Å²) in [4.78, 5) is 22.8. The number of aryl methyl sites for hydroxylation is 1. The molecule has 0 atom stereocenters. The SMILES string of the molecule is O=C(CCn1cc(C(=O)O)cn1)Nc1cnn(Cc2ccc(F)cc2Cl)c1. The van der Waals surface area contributed by atoms with Crippen LogP contribution < -0.4 is 5.32 Å². The van der Waals surface area contributed by atoms with Crippen LogP contribution in [0.5, 0.6) is 0 Å². The summed E-state index contributed by atoms with van der Waals surface area (Å²) in [6.45, 7) is 0.582. The highest BCUT2D eigenvalue weighted by Gasteiger charge is 2.09. The van der Waals surface area contributed by atoms with E-state index >= 15 is 0 Å². The number of aromatic nitrogens is 4. The molecule has 140 valence electrons. The summed E-state index contributed by atoms with van der Waals surface area (Å²) >= 11 is 6.00. The Hall–Kier alpha value is -3.20. The van der Waals surface area contributed by atoms with Gasteiger partial charge in [0.05, 0.1) is 30.2 Å². The predicted octanol–water partition coefficient (Wildman–Crippen LogP) is 2.65. The molecule has 10 heteroatoms. The van der Waals surface area contributed by atoms with Crippen molar-refractivity contribution in [1.82, 2.24) is 19.6 Å². The maximum absolute atomic E-state index is 13.1. The van der Waals surface area contributed by atoms with E-state index in [-0.39, 0.29) is 24.4 Å². The van der Waals surface area contributed by atoms with Crippen LogP contribution in [0, 0.1) is 5.82 Å². The zero-order valence-electron chi connectivity index (χ0n) is 14.0. The van der Waals surface area contributed by atoms with Crippen LogP contribution in [0.15, 0.2) is 43.0 Å². The standard InChI is InChI=1S/C17H15ClFN5O3/c18-15-5-13(19)2-1-11(15)8-24-10-14(7-21-24)22-16(25)3-4-23-9-12(6-20-23)17(26)27/h1-2,5-7,9-10H,3-4,8H2,(H,22,25)(H,26,27). The highest BCUT2D eigenvalue weighted by molar-refractivity contribution is 6.31. The Morgan fingerprint density at radius 3 is 2.67 bits per heavy atom. The molecule has 2 N–H and O–H groups in total. The Morgan fingerprint density at radius 2 is 1.96 bits per heavy atom. The summed E-state index contributed by atoms with van der Waals surface area (Å²) in [5.74, 6) is -1.74. The molecule has 0 aliphatic carbocycles. The highest BCUT2D eigenvalue weighted by atomic mass is 35.5. The molecule has 0 saturated heterocycles. The fraction of sp³-hybridized carbons (Fsp3) is 0.176. The number of nitrogens with zero attached hydrogens (tertiary/aromatic N) is 4. The second-order valence-corrected chi connectivity index (χ2v) is 6.16. The van der Waals surface area contributed by atoms with E-state index in [2.05, 4.69) is 15.5 Å². The molecule has 0 saturated carbocycles. The second kappa shape index (κ2) is 8.00. The number of amides is 1. The molecule has 3 rings (SSSR count). The minimum Gasteiger partial charge on any atom is -0.478 e. The van der Waals surface area contributed by atoms with E-state index in [4.69, 9.17) is 16.7 Å². The van der Waals surface area contributed by atoms with E-state index in [0.717, 1.165) is 0 Å². The minimum absolute atomic E-state index is 0.0659. The number of carbonyl (C=O) groups excluding carboxylic acids is 1. The van der Waals surface area contributed by atoms with Crippen molar-refractivity contribution in [2.75, 3.05) is 5.32 Å². The van der Waals surface area contributed by atoms with Gasteiger partial charge in [0.1, 0.15) is 5.82 Å². The van der Waals surface area contributed by atoms with E-state index in [0.29, 0.717) is 22.8 Å². The summed E-state index contributed by atoms with van der Waals surface area (Å²) < 4.78 is 16.0. The predicted molar refractivity (Wildman–Crippen MR) is 95.2 cm³/mol. The second-order valence-electron chi connectivity index (χ2n) is 5.76. The number of hydrogen-bond acceptors (Lipinski definition) is 4. The lowest BCUT2D eigenvalue weighted by Crippen LogP contribution is -2.14. The summed E-state index contributed by atoms with van der Waals surface area (Å²) in [7, 11) is 0. The molecule has 3 aromatic rings. The van der Waals surface area contributed by atoms with Crippen LogP contribution in [0.25, 0.3) is 0 Å². The fourth-order valence-corrected chi connectivity index (χ4v) is 2.60. The van der Waals surface area contributed by atoms with E-state index in [1.807, 2.05) is 0 Å². The van der Waals surface area contributed by atoms with Gasteiger partial charge >= 0.3 is 5.97 Å². The van der Waals surface area contributed by atoms with Crippen molar-refractivity contribution in [3.63, 3.8) is 0 Å². The lowest BCUT2D eigenvalue weighted by molar-refractivity contribution is -0.116. The zero-order valence-corrected chi connectivity index (χ0v) is 14.7. The number of aromatic carboxylic acids is 1. The van der Waals surface area contributed by atoms with Crippen LogP contribution in [0.4, 0.5) is 10.1 Å². The molecule has 0 spiro atoms. The first kappa shape index (κ1) is 18.6. The molecule has 2 aromatic heterocycles.